The van der Waals surface area contributed by atoms with Crippen LogP contribution in [0.25, 0.3) is 0 Å². The van der Waals surface area contributed by atoms with Crippen molar-refractivity contribution in [2.24, 2.45) is 0 Å². The smallest absolute Gasteiger partial charge is 0.102 e. The highest BCUT2D eigenvalue weighted by molar-refractivity contribution is 7.96. The summed E-state index contributed by atoms with van der Waals surface area (Å²) in [6, 6.07) is 0. The maximum absolute atomic E-state index is 5.60. The van der Waals surface area contributed by atoms with Gasteiger partial charge in [0.2, 0.25) is 0 Å². The van der Waals surface area contributed by atoms with E-state index in [1.54, 1.807) is 0 Å². The molecule has 0 amide bonds. The minimum absolute atomic E-state index is 0.0380. The van der Waals surface area contributed by atoms with Gasteiger partial charge in [-0.05, 0) is 19.8 Å². The van der Waals surface area contributed by atoms with Gasteiger partial charge in [-0.1, -0.05) is 0 Å². The highest BCUT2D eigenvalue weighted by atomic mass is 35.5. The molecule has 10 heavy (non-hydrogen) atoms. The number of hydrogen-bond donors (Lipinski definition) is 0. The van der Waals surface area contributed by atoms with Crippen LogP contribution in [-0.2, 0) is 4.18 Å². The second-order valence-corrected chi connectivity index (χ2v) is 4.28. The van der Waals surface area contributed by atoms with Crippen molar-refractivity contribution in [1.82, 2.24) is 0 Å². The summed E-state index contributed by atoms with van der Waals surface area (Å²) in [7, 11) is 0. The molecule has 1 atom stereocenters. The predicted molar refractivity (Wildman–Crippen MR) is 48.8 cm³/mol. The third-order valence-electron chi connectivity index (χ3n) is 0.812. The molecule has 0 aromatic heterocycles. The van der Waals surface area contributed by atoms with Gasteiger partial charge >= 0.3 is 0 Å². The van der Waals surface area contributed by atoms with Gasteiger partial charge in [-0.2, -0.15) is 0 Å². The molecular formula is C6H12Cl2OS. The lowest BCUT2D eigenvalue weighted by atomic mass is 10.4. The molecule has 0 aromatic carbocycles. The van der Waals surface area contributed by atoms with Crippen LogP contribution in [0.5, 0.6) is 0 Å². The maximum atomic E-state index is 5.60. The third-order valence-corrected chi connectivity index (χ3v) is 1.87. The van der Waals surface area contributed by atoms with Gasteiger partial charge in [0.05, 0.1) is 6.61 Å². The van der Waals surface area contributed by atoms with Gasteiger partial charge in [0.25, 0.3) is 0 Å². The second kappa shape index (κ2) is 7.99. The van der Waals surface area contributed by atoms with Crippen LogP contribution in [0, 0.1) is 0 Å². The lowest BCUT2D eigenvalue weighted by molar-refractivity contribution is 0.362. The molecule has 1 unspecified atom stereocenters. The van der Waals surface area contributed by atoms with Crippen LogP contribution in [-0.4, -0.2) is 17.2 Å². The molecule has 0 spiro atoms. The van der Waals surface area contributed by atoms with Crippen molar-refractivity contribution < 1.29 is 4.18 Å². The van der Waals surface area contributed by atoms with E-state index in [0.717, 1.165) is 19.4 Å². The standard InChI is InChI=1S/C6H12Cl2OS/c1-6(8)10-9-5-3-2-4-7/h6H,2-5H2,1H3. The monoisotopic (exact) mass is 202 g/mol. The van der Waals surface area contributed by atoms with Crippen LogP contribution in [0.3, 0.4) is 0 Å². The van der Waals surface area contributed by atoms with Crippen LogP contribution in [0.4, 0.5) is 0 Å². The Balaban J connectivity index is 2.77. The van der Waals surface area contributed by atoms with Gasteiger partial charge in [-0.3, -0.25) is 0 Å². The van der Waals surface area contributed by atoms with Crippen molar-refractivity contribution in [3.8, 4) is 0 Å². The van der Waals surface area contributed by atoms with E-state index < -0.39 is 0 Å². The van der Waals surface area contributed by atoms with Crippen molar-refractivity contribution in [3.05, 3.63) is 0 Å². The Morgan fingerprint density at radius 3 is 2.70 bits per heavy atom. The first-order valence-corrected chi connectivity index (χ1v) is 5.03. The average molecular weight is 203 g/mol. The Morgan fingerprint density at radius 2 is 2.20 bits per heavy atom. The van der Waals surface area contributed by atoms with Crippen molar-refractivity contribution in [2.75, 3.05) is 12.5 Å². The van der Waals surface area contributed by atoms with Gasteiger partial charge in [-0.25, -0.2) is 0 Å². The topological polar surface area (TPSA) is 9.23 Å². The van der Waals surface area contributed by atoms with Crippen LogP contribution in [0.2, 0.25) is 0 Å². The molecule has 0 fully saturated rings. The Hall–Kier alpha value is 0.890. The Labute approximate surface area is 76.6 Å². The van der Waals surface area contributed by atoms with Crippen molar-refractivity contribution in [2.45, 2.75) is 24.5 Å². The number of alkyl halides is 2. The van der Waals surface area contributed by atoms with E-state index in [9.17, 15) is 0 Å². The fourth-order valence-corrected chi connectivity index (χ4v) is 1.14. The molecule has 0 rings (SSSR count). The van der Waals surface area contributed by atoms with Gasteiger partial charge in [0.15, 0.2) is 0 Å². The molecule has 0 aromatic rings. The van der Waals surface area contributed by atoms with E-state index in [0.29, 0.717) is 5.88 Å². The zero-order valence-corrected chi connectivity index (χ0v) is 8.31. The van der Waals surface area contributed by atoms with E-state index >= 15 is 0 Å². The van der Waals surface area contributed by atoms with Crippen LogP contribution < -0.4 is 0 Å². The van der Waals surface area contributed by atoms with Crippen LogP contribution in [0.1, 0.15) is 19.8 Å². The molecule has 4 heteroatoms. The summed E-state index contributed by atoms with van der Waals surface area (Å²) in [5.74, 6) is 0.713. The number of rotatable bonds is 6. The van der Waals surface area contributed by atoms with E-state index in [4.69, 9.17) is 27.4 Å². The normalized spacial score (nSPS) is 13.5. The lowest BCUT2D eigenvalue weighted by Gasteiger charge is -2.01. The summed E-state index contributed by atoms with van der Waals surface area (Å²) >= 11 is 12.4. The quantitative estimate of drug-likeness (QED) is 0.372. The molecule has 1 nitrogen and oxygen atoms in total. The largest absolute Gasteiger partial charge is 0.314 e. The molecule has 0 aliphatic heterocycles. The van der Waals surface area contributed by atoms with Gasteiger partial charge in [-0.15, -0.1) is 23.2 Å². The Bertz CT molecular complexity index is 70.8. The SMILES string of the molecule is CC(Cl)SOCCCCCl. The molecule has 0 heterocycles. The van der Waals surface area contributed by atoms with Gasteiger partial charge in [0, 0.05) is 17.9 Å². The third kappa shape index (κ3) is 8.89. The Morgan fingerprint density at radius 1 is 1.50 bits per heavy atom. The molecule has 0 aliphatic carbocycles. The molecule has 0 saturated heterocycles. The molecule has 0 saturated carbocycles. The first-order valence-electron chi connectivity index (χ1n) is 3.25. The zero-order valence-electron chi connectivity index (χ0n) is 5.98. The summed E-state index contributed by atoms with van der Waals surface area (Å²) < 4.78 is 5.16. The summed E-state index contributed by atoms with van der Waals surface area (Å²) in [6.07, 6.45) is 2.03. The van der Waals surface area contributed by atoms with E-state index in [1.807, 2.05) is 6.92 Å². The first-order chi connectivity index (χ1) is 4.77. The fourth-order valence-electron chi connectivity index (χ4n) is 0.397. The fraction of sp³-hybridized carbons (Fsp3) is 1.00. The summed E-state index contributed by atoms with van der Waals surface area (Å²) in [6.45, 7) is 2.63. The van der Waals surface area contributed by atoms with E-state index in [2.05, 4.69) is 0 Å². The predicted octanol–water partition coefficient (Wildman–Crippen LogP) is 3.26. The number of halogens is 2. The molecule has 0 radical (unpaired) electrons. The number of unbranched alkanes of at least 4 members (excludes halogenated alkanes) is 1. The Kier molecular flexibility index (Phi) is 8.70. The number of hydrogen-bond acceptors (Lipinski definition) is 2. The molecule has 62 valence electrons. The van der Waals surface area contributed by atoms with E-state index in [1.165, 1.54) is 12.0 Å². The summed E-state index contributed by atoms with van der Waals surface area (Å²) in [5, 5.41) is 0. The molecular weight excluding hydrogens is 191 g/mol. The molecule has 0 N–H and O–H groups in total. The minimum atomic E-state index is 0.0380. The van der Waals surface area contributed by atoms with E-state index in [-0.39, 0.29) is 4.71 Å². The van der Waals surface area contributed by atoms with Crippen molar-refractivity contribution >= 4 is 35.2 Å². The summed E-state index contributed by atoms with van der Waals surface area (Å²) in [4.78, 5) is 0. The highest BCUT2D eigenvalue weighted by Gasteiger charge is 1.95. The van der Waals surface area contributed by atoms with Crippen molar-refractivity contribution in [1.29, 1.82) is 0 Å². The minimum Gasteiger partial charge on any atom is -0.314 e. The highest BCUT2D eigenvalue weighted by Crippen LogP contribution is 2.15. The molecule has 0 bridgehead atoms. The molecule has 0 aliphatic rings. The van der Waals surface area contributed by atoms with Crippen molar-refractivity contribution in [3.63, 3.8) is 0 Å². The average Bonchev–Trinajstić information content (AvgIpc) is 1.87. The first kappa shape index (κ1) is 10.9. The van der Waals surface area contributed by atoms with Crippen LogP contribution in [0.15, 0.2) is 0 Å². The maximum Gasteiger partial charge on any atom is 0.102 e. The lowest BCUT2D eigenvalue weighted by Crippen LogP contribution is -1.90. The van der Waals surface area contributed by atoms with Gasteiger partial charge in [0.1, 0.15) is 4.71 Å². The second-order valence-electron chi connectivity index (χ2n) is 1.86. The van der Waals surface area contributed by atoms with Crippen LogP contribution >= 0.6 is 35.2 Å². The van der Waals surface area contributed by atoms with Gasteiger partial charge < -0.3 is 4.18 Å². The summed E-state index contributed by atoms with van der Waals surface area (Å²) in [5.41, 5.74) is 0. The zero-order chi connectivity index (χ0) is 7.82.